The smallest absolute Gasteiger partial charge is 0.169 e. The van der Waals surface area contributed by atoms with Gasteiger partial charge in [-0.25, -0.2) is 0 Å². The summed E-state index contributed by atoms with van der Waals surface area (Å²) in [6.07, 6.45) is 1.06. The molecule has 0 aromatic heterocycles. The summed E-state index contributed by atoms with van der Waals surface area (Å²) < 4.78 is 6.13. The predicted molar refractivity (Wildman–Crippen MR) is 88.4 cm³/mol. The first-order chi connectivity index (χ1) is 10.1. The fourth-order valence-corrected chi connectivity index (χ4v) is 3.21. The van der Waals surface area contributed by atoms with Gasteiger partial charge in [-0.2, -0.15) is 0 Å². The van der Waals surface area contributed by atoms with Crippen LogP contribution in [0.4, 0.5) is 5.69 Å². The van der Waals surface area contributed by atoms with E-state index in [9.17, 15) is 0 Å². The summed E-state index contributed by atoms with van der Waals surface area (Å²) in [5, 5.41) is 0.773. The van der Waals surface area contributed by atoms with Crippen LogP contribution < -0.4 is 9.64 Å². The first kappa shape index (κ1) is 14.3. The molecule has 1 aliphatic heterocycles. The fourth-order valence-electron chi connectivity index (χ4n) is 3.09. The number of halogens is 1. The third kappa shape index (κ3) is 2.73. The lowest BCUT2D eigenvalue weighted by molar-refractivity contribution is 0.207. The molecule has 2 aromatic carbocycles. The summed E-state index contributed by atoms with van der Waals surface area (Å²) in [6, 6.07) is 14.8. The first-order valence-electron chi connectivity index (χ1n) is 7.35. The van der Waals surface area contributed by atoms with E-state index in [0.29, 0.717) is 6.04 Å². The van der Waals surface area contributed by atoms with Crippen LogP contribution in [-0.4, -0.2) is 12.3 Å². The lowest BCUT2D eigenvalue weighted by Gasteiger charge is -2.32. The molecule has 0 aliphatic carbocycles. The topological polar surface area (TPSA) is 12.5 Å². The van der Waals surface area contributed by atoms with Crippen molar-refractivity contribution in [2.75, 3.05) is 4.90 Å². The molecule has 0 bridgehead atoms. The SMILES string of the molecule is Cc1cc(OC(C)N2c3ccccc3CC2C)ccc1Cl. The molecule has 0 N–H and O–H groups in total. The second kappa shape index (κ2) is 5.61. The third-order valence-electron chi connectivity index (χ3n) is 4.09. The molecule has 0 fully saturated rings. The normalized spacial score (nSPS) is 18.5. The van der Waals surface area contributed by atoms with Gasteiger partial charge >= 0.3 is 0 Å². The Morgan fingerprint density at radius 2 is 2.00 bits per heavy atom. The van der Waals surface area contributed by atoms with Crippen molar-refractivity contribution in [1.29, 1.82) is 0 Å². The van der Waals surface area contributed by atoms with E-state index in [0.717, 1.165) is 22.8 Å². The van der Waals surface area contributed by atoms with Gasteiger partial charge < -0.3 is 9.64 Å². The summed E-state index contributed by atoms with van der Waals surface area (Å²) in [7, 11) is 0. The number of aryl methyl sites for hydroxylation is 1. The summed E-state index contributed by atoms with van der Waals surface area (Å²) >= 11 is 6.07. The zero-order valence-corrected chi connectivity index (χ0v) is 13.4. The Bertz CT molecular complexity index is 655. The second-order valence-corrected chi connectivity index (χ2v) is 6.12. The molecule has 3 heteroatoms. The van der Waals surface area contributed by atoms with E-state index in [1.807, 2.05) is 25.1 Å². The highest BCUT2D eigenvalue weighted by atomic mass is 35.5. The maximum atomic E-state index is 6.13. The summed E-state index contributed by atoms with van der Waals surface area (Å²) in [6.45, 7) is 6.34. The maximum absolute atomic E-state index is 6.13. The van der Waals surface area contributed by atoms with E-state index in [1.165, 1.54) is 11.3 Å². The molecule has 0 amide bonds. The van der Waals surface area contributed by atoms with Crippen LogP contribution in [0.5, 0.6) is 5.75 Å². The zero-order chi connectivity index (χ0) is 15.0. The Morgan fingerprint density at radius 3 is 2.76 bits per heavy atom. The van der Waals surface area contributed by atoms with Crippen molar-refractivity contribution in [2.24, 2.45) is 0 Å². The van der Waals surface area contributed by atoms with Gasteiger partial charge in [-0.15, -0.1) is 0 Å². The highest BCUT2D eigenvalue weighted by molar-refractivity contribution is 6.31. The lowest BCUT2D eigenvalue weighted by Crippen LogP contribution is -2.41. The Morgan fingerprint density at radius 1 is 1.24 bits per heavy atom. The molecule has 2 atom stereocenters. The van der Waals surface area contributed by atoms with E-state index in [-0.39, 0.29) is 6.23 Å². The molecule has 0 radical (unpaired) electrons. The van der Waals surface area contributed by atoms with E-state index < -0.39 is 0 Å². The number of benzene rings is 2. The fraction of sp³-hybridized carbons (Fsp3) is 0.333. The number of nitrogens with zero attached hydrogens (tertiary/aromatic N) is 1. The highest BCUT2D eigenvalue weighted by Gasteiger charge is 2.30. The number of fused-ring (bicyclic) bond motifs is 1. The molecular weight excluding hydrogens is 282 g/mol. The minimum Gasteiger partial charge on any atom is -0.471 e. The van der Waals surface area contributed by atoms with Crippen LogP contribution in [0.2, 0.25) is 5.02 Å². The van der Waals surface area contributed by atoms with Gasteiger partial charge in [0, 0.05) is 16.8 Å². The van der Waals surface area contributed by atoms with Gasteiger partial charge in [0.05, 0.1) is 0 Å². The number of anilines is 1. The Labute approximate surface area is 131 Å². The summed E-state index contributed by atoms with van der Waals surface area (Å²) in [4.78, 5) is 2.35. The van der Waals surface area contributed by atoms with Crippen LogP contribution in [0, 0.1) is 6.92 Å². The van der Waals surface area contributed by atoms with Crippen LogP contribution in [-0.2, 0) is 6.42 Å². The number of hydrogen-bond donors (Lipinski definition) is 0. The maximum Gasteiger partial charge on any atom is 0.169 e. The quantitative estimate of drug-likeness (QED) is 0.805. The van der Waals surface area contributed by atoms with Gasteiger partial charge in [-0.05, 0) is 62.6 Å². The largest absolute Gasteiger partial charge is 0.471 e. The lowest BCUT2D eigenvalue weighted by atomic mass is 10.1. The number of ether oxygens (including phenoxy) is 1. The van der Waals surface area contributed by atoms with E-state index in [1.54, 1.807) is 0 Å². The second-order valence-electron chi connectivity index (χ2n) is 5.72. The minimum absolute atomic E-state index is 0.00998. The van der Waals surface area contributed by atoms with Crippen molar-refractivity contribution < 1.29 is 4.74 Å². The molecule has 21 heavy (non-hydrogen) atoms. The molecule has 1 aliphatic rings. The average molecular weight is 302 g/mol. The molecule has 2 nitrogen and oxygen atoms in total. The van der Waals surface area contributed by atoms with Gasteiger partial charge in [-0.3, -0.25) is 0 Å². The molecule has 2 aromatic rings. The monoisotopic (exact) mass is 301 g/mol. The molecule has 1 heterocycles. The Kier molecular flexibility index (Phi) is 3.81. The molecule has 0 saturated heterocycles. The Balaban J connectivity index is 1.82. The van der Waals surface area contributed by atoms with Crippen molar-refractivity contribution in [1.82, 2.24) is 0 Å². The van der Waals surface area contributed by atoms with Gasteiger partial charge in [0.25, 0.3) is 0 Å². The summed E-state index contributed by atoms with van der Waals surface area (Å²) in [5.41, 5.74) is 3.71. The highest BCUT2D eigenvalue weighted by Crippen LogP contribution is 2.34. The molecule has 0 saturated carbocycles. The van der Waals surface area contributed by atoms with E-state index >= 15 is 0 Å². The molecular formula is C18H20ClNO. The first-order valence-corrected chi connectivity index (χ1v) is 7.73. The van der Waals surface area contributed by atoms with Gasteiger partial charge in [-0.1, -0.05) is 29.8 Å². The van der Waals surface area contributed by atoms with Crippen LogP contribution in [0.1, 0.15) is 25.0 Å². The van der Waals surface area contributed by atoms with Crippen molar-refractivity contribution in [2.45, 2.75) is 39.5 Å². The number of rotatable bonds is 3. The van der Waals surface area contributed by atoms with Gasteiger partial charge in [0.15, 0.2) is 6.23 Å². The number of para-hydroxylation sites is 1. The zero-order valence-electron chi connectivity index (χ0n) is 12.6. The van der Waals surface area contributed by atoms with Crippen molar-refractivity contribution in [3.05, 3.63) is 58.6 Å². The molecule has 2 unspecified atom stereocenters. The molecule has 0 spiro atoms. The van der Waals surface area contributed by atoms with Crippen LogP contribution >= 0.6 is 11.6 Å². The molecule has 3 rings (SSSR count). The van der Waals surface area contributed by atoms with Gasteiger partial charge in [0.2, 0.25) is 0 Å². The molecule has 110 valence electrons. The van der Waals surface area contributed by atoms with Crippen LogP contribution in [0.15, 0.2) is 42.5 Å². The average Bonchev–Trinajstić information content (AvgIpc) is 2.78. The van der Waals surface area contributed by atoms with Gasteiger partial charge in [0.1, 0.15) is 5.75 Å². The number of hydrogen-bond acceptors (Lipinski definition) is 2. The van der Waals surface area contributed by atoms with E-state index in [2.05, 4.69) is 43.0 Å². The van der Waals surface area contributed by atoms with Crippen LogP contribution in [0.3, 0.4) is 0 Å². The van der Waals surface area contributed by atoms with Crippen LogP contribution in [0.25, 0.3) is 0 Å². The third-order valence-corrected chi connectivity index (χ3v) is 4.51. The van der Waals surface area contributed by atoms with E-state index in [4.69, 9.17) is 16.3 Å². The van der Waals surface area contributed by atoms with Crippen molar-refractivity contribution >= 4 is 17.3 Å². The Hall–Kier alpha value is -1.67. The minimum atomic E-state index is -0.00998. The standard InChI is InChI=1S/C18H20ClNO/c1-12-10-16(8-9-17(12)19)21-14(3)20-13(2)11-15-6-4-5-7-18(15)20/h4-10,13-14H,11H2,1-3H3. The van der Waals surface area contributed by atoms with Crippen molar-refractivity contribution in [3.8, 4) is 5.75 Å². The predicted octanol–water partition coefficient (Wildman–Crippen LogP) is 4.82. The summed E-state index contributed by atoms with van der Waals surface area (Å²) in [5.74, 6) is 0.862. The van der Waals surface area contributed by atoms with Crippen molar-refractivity contribution in [3.63, 3.8) is 0 Å².